The standard InChI is InChI=1S/C8H17NO/c1-3-5-8(10)6-7-9-4-2/h9H,3-7H2,1-2H3. The summed E-state index contributed by atoms with van der Waals surface area (Å²) in [4.78, 5) is 10.9. The van der Waals surface area contributed by atoms with Gasteiger partial charge in [-0.1, -0.05) is 13.8 Å². The summed E-state index contributed by atoms with van der Waals surface area (Å²) in [5.74, 6) is 0.378. The first-order valence-electron chi connectivity index (χ1n) is 4.03. The van der Waals surface area contributed by atoms with Crippen molar-refractivity contribution in [3.8, 4) is 0 Å². The van der Waals surface area contributed by atoms with Gasteiger partial charge in [0.05, 0.1) is 0 Å². The van der Waals surface area contributed by atoms with Crippen molar-refractivity contribution in [2.24, 2.45) is 0 Å². The Morgan fingerprint density at radius 3 is 2.50 bits per heavy atom. The molecule has 0 spiro atoms. The molecule has 60 valence electrons. The molecule has 0 saturated carbocycles. The zero-order valence-corrected chi connectivity index (χ0v) is 6.94. The first-order valence-corrected chi connectivity index (χ1v) is 4.03. The summed E-state index contributed by atoms with van der Waals surface area (Å²) >= 11 is 0. The van der Waals surface area contributed by atoms with Crippen LogP contribution in [0, 0.1) is 0 Å². The van der Waals surface area contributed by atoms with Crippen LogP contribution in [0.2, 0.25) is 0 Å². The van der Waals surface area contributed by atoms with Crippen LogP contribution < -0.4 is 5.32 Å². The number of carbonyl (C=O) groups is 1. The maximum absolute atomic E-state index is 10.9. The number of hydrogen-bond acceptors (Lipinski definition) is 2. The highest BCUT2D eigenvalue weighted by Crippen LogP contribution is 1.91. The molecular formula is C8H17NO. The van der Waals surface area contributed by atoms with Gasteiger partial charge < -0.3 is 5.32 Å². The molecule has 0 atom stereocenters. The van der Waals surface area contributed by atoms with Gasteiger partial charge in [0, 0.05) is 19.4 Å². The van der Waals surface area contributed by atoms with Crippen LogP contribution >= 0.6 is 0 Å². The van der Waals surface area contributed by atoms with Crippen molar-refractivity contribution in [3.63, 3.8) is 0 Å². The molecule has 1 N–H and O–H groups in total. The van der Waals surface area contributed by atoms with Crippen LogP contribution in [0.3, 0.4) is 0 Å². The SMILES string of the molecule is CCCC(=O)CCNCC. The maximum atomic E-state index is 10.9. The van der Waals surface area contributed by atoms with E-state index in [0.29, 0.717) is 12.2 Å². The van der Waals surface area contributed by atoms with Gasteiger partial charge >= 0.3 is 0 Å². The molecule has 0 unspecified atom stereocenters. The third kappa shape index (κ3) is 5.76. The number of Topliss-reactive ketones (excluding diaryl/α,β-unsaturated/α-hetero) is 1. The Labute approximate surface area is 63.0 Å². The summed E-state index contributed by atoms with van der Waals surface area (Å²) in [6, 6.07) is 0. The largest absolute Gasteiger partial charge is 0.317 e. The van der Waals surface area contributed by atoms with Gasteiger partial charge in [-0.15, -0.1) is 0 Å². The predicted octanol–water partition coefficient (Wildman–Crippen LogP) is 1.36. The summed E-state index contributed by atoms with van der Waals surface area (Å²) in [7, 11) is 0. The molecule has 10 heavy (non-hydrogen) atoms. The van der Waals surface area contributed by atoms with E-state index in [1.165, 1.54) is 0 Å². The Morgan fingerprint density at radius 1 is 1.30 bits per heavy atom. The quantitative estimate of drug-likeness (QED) is 0.569. The topological polar surface area (TPSA) is 29.1 Å². The lowest BCUT2D eigenvalue weighted by Gasteiger charge is -1.98. The average Bonchev–Trinajstić information content (AvgIpc) is 1.89. The van der Waals surface area contributed by atoms with Gasteiger partial charge in [-0.25, -0.2) is 0 Å². The third-order valence-corrected chi connectivity index (χ3v) is 1.36. The predicted molar refractivity (Wildman–Crippen MR) is 43.1 cm³/mol. The van der Waals surface area contributed by atoms with Gasteiger partial charge in [-0.3, -0.25) is 4.79 Å². The van der Waals surface area contributed by atoms with E-state index < -0.39 is 0 Å². The zero-order chi connectivity index (χ0) is 7.82. The monoisotopic (exact) mass is 143 g/mol. The fourth-order valence-corrected chi connectivity index (χ4v) is 0.808. The molecule has 0 fully saturated rings. The molecule has 0 heterocycles. The molecule has 0 aromatic rings. The molecule has 0 amide bonds. The molecule has 0 rings (SSSR count). The van der Waals surface area contributed by atoms with Crippen molar-refractivity contribution in [3.05, 3.63) is 0 Å². The normalized spacial score (nSPS) is 9.80. The van der Waals surface area contributed by atoms with E-state index in [4.69, 9.17) is 0 Å². The lowest BCUT2D eigenvalue weighted by atomic mass is 10.2. The Kier molecular flexibility index (Phi) is 6.50. The average molecular weight is 143 g/mol. The van der Waals surface area contributed by atoms with Crippen LogP contribution in [0.5, 0.6) is 0 Å². The zero-order valence-electron chi connectivity index (χ0n) is 6.94. The van der Waals surface area contributed by atoms with Gasteiger partial charge in [0.15, 0.2) is 0 Å². The van der Waals surface area contributed by atoms with E-state index >= 15 is 0 Å². The van der Waals surface area contributed by atoms with Crippen molar-refractivity contribution in [2.75, 3.05) is 13.1 Å². The van der Waals surface area contributed by atoms with Crippen LogP contribution in [-0.4, -0.2) is 18.9 Å². The van der Waals surface area contributed by atoms with Crippen molar-refractivity contribution >= 4 is 5.78 Å². The van der Waals surface area contributed by atoms with Gasteiger partial charge in [0.1, 0.15) is 5.78 Å². The summed E-state index contributed by atoms with van der Waals surface area (Å²) in [6.07, 6.45) is 2.41. The summed E-state index contributed by atoms with van der Waals surface area (Å²) in [6.45, 7) is 5.88. The van der Waals surface area contributed by atoms with E-state index in [2.05, 4.69) is 5.32 Å². The molecule has 0 saturated heterocycles. The van der Waals surface area contributed by atoms with Crippen LogP contribution in [0.4, 0.5) is 0 Å². The van der Waals surface area contributed by atoms with E-state index in [1.54, 1.807) is 0 Å². The molecular weight excluding hydrogens is 126 g/mol. The first kappa shape index (κ1) is 9.63. The van der Waals surface area contributed by atoms with Crippen molar-refractivity contribution in [2.45, 2.75) is 33.1 Å². The first-order chi connectivity index (χ1) is 4.81. The Morgan fingerprint density at radius 2 is 2.00 bits per heavy atom. The Bertz CT molecular complexity index is 91.3. The highest BCUT2D eigenvalue weighted by atomic mass is 16.1. The number of carbonyl (C=O) groups excluding carboxylic acids is 1. The van der Waals surface area contributed by atoms with Gasteiger partial charge in [-0.2, -0.15) is 0 Å². The Balaban J connectivity index is 3.05. The van der Waals surface area contributed by atoms with Crippen molar-refractivity contribution < 1.29 is 4.79 Å². The number of nitrogens with one attached hydrogen (secondary N) is 1. The third-order valence-electron chi connectivity index (χ3n) is 1.36. The van der Waals surface area contributed by atoms with Crippen molar-refractivity contribution in [1.29, 1.82) is 0 Å². The molecule has 2 heteroatoms. The van der Waals surface area contributed by atoms with Gasteiger partial charge in [0.2, 0.25) is 0 Å². The summed E-state index contributed by atoms with van der Waals surface area (Å²) in [5, 5.41) is 3.12. The van der Waals surface area contributed by atoms with Crippen LogP contribution in [0.1, 0.15) is 33.1 Å². The lowest BCUT2D eigenvalue weighted by Crippen LogP contribution is -2.17. The highest BCUT2D eigenvalue weighted by molar-refractivity contribution is 5.78. The van der Waals surface area contributed by atoms with Crippen molar-refractivity contribution in [1.82, 2.24) is 5.32 Å². The van der Waals surface area contributed by atoms with E-state index in [9.17, 15) is 4.79 Å². The number of ketones is 1. The van der Waals surface area contributed by atoms with Gasteiger partial charge in [0.25, 0.3) is 0 Å². The second-order valence-electron chi connectivity index (χ2n) is 2.39. The second-order valence-corrected chi connectivity index (χ2v) is 2.39. The molecule has 0 radical (unpaired) electrons. The fraction of sp³-hybridized carbons (Fsp3) is 0.875. The smallest absolute Gasteiger partial charge is 0.134 e. The van der Waals surface area contributed by atoms with Crippen LogP contribution in [-0.2, 0) is 4.79 Å². The molecule has 0 aliphatic rings. The van der Waals surface area contributed by atoms with Crippen LogP contribution in [0.25, 0.3) is 0 Å². The fourth-order valence-electron chi connectivity index (χ4n) is 0.808. The molecule has 0 bridgehead atoms. The summed E-state index contributed by atoms with van der Waals surface area (Å²) in [5.41, 5.74) is 0. The maximum Gasteiger partial charge on any atom is 0.134 e. The Hall–Kier alpha value is -0.370. The molecule has 0 aromatic heterocycles. The summed E-state index contributed by atoms with van der Waals surface area (Å²) < 4.78 is 0. The van der Waals surface area contributed by atoms with Gasteiger partial charge in [-0.05, 0) is 13.0 Å². The minimum atomic E-state index is 0.378. The van der Waals surface area contributed by atoms with Crippen LogP contribution in [0.15, 0.2) is 0 Å². The minimum Gasteiger partial charge on any atom is -0.317 e. The highest BCUT2D eigenvalue weighted by Gasteiger charge is 1.97. The minimum absolute atomic E-state index is 0.378. The molecule has 2 nitrogen and oxygen atoms in total. The number of rotatable bonds is 6. The second kappa shape index (κ2) is 6.75. The lowest BCUT2D eigenvalue weighted by molar-refractivity contribution is -0.119. The molecule has 0 aliphatic heterocycles. The van der Waals surface area contributed by atoms with E-state index in [-0.39, 0.29) is 0 Å². The molecule has 0 aromatic carbocycles. The van der Waals surface area contributed by atoms with E-state index in [1.807, 2.05) is 13.8 Å². The molecule has 0 aliphatic carbocycles. The number of hydrogen-bond donors (Lipinski definition) is 1. The van der Waals surface area contributed by atoms with E-state index in [0.717, 1.165) is 25.9 Å².